The van der Waals surface area contributed by atoms with Gasteiger partial charge < -0.3 is 10.1 Å². The summed E-state index contributed by atoms with van der Waals surface area (Å²) in [4.78, 5) is -0.352. The molecular formula is C12H18BrFN2O3S. The molecule has 0 atom stereocenters. The first-order valence-electron chi connectivity index (χ1n) is 6.03. The zero-order valence-electron chi connectivity index (χ0n) is 11.4. The van der Waals surface area contributed by atoms with Gasteiger partial charge in [0.25, 0.3) is 0 Å². The molecule has 0 fully saturated rings. The fraction of sp³-hybridized carbons (Fsp3) is 0.500. The minimum absolute atomic E-state index is 0.198. The van der Waals surface area contributed by atoms with E-state index in [1.54, 1.807) is 13.1 Å². The van der Waals surface area contributed by atoms with Gasteiger partial charge in [0.2, 0.25) is 10.0 Å². The molecule has 0 aliphatic rings. The molecular weight excluding hydrogens is 351 g/mol. The van der Waals surface area contributed by atoms with E-state index in [2.05, 4.69) is 26.0 Å². The van der Waals surface area contributed by atoms with Crippen LogP contribution in [0.25, 0.3) is 0 Å². The van der Waals surface area contributed by atoms with Gasteiger partial charge in [-0.15, -0.1) is 0 Å². The molecule has 8 heteroatoms. The Balaban J connectivity index is 2.99. The summed E-state index contributed by atoms with van der Waals surface area (Å²) in [6, 6.07) is 2.81. The second kappa shape index (κ2) is 8.04. The number of nitrogens with one attached hydrogen (secondary N) is 2. The van der Waals surface area contributed by atoms with Crippen LogP contribution in [0.4, 0.5) is 4.39 Å². The van der Waals surface area contributed by atoms with E-state index in [-0.39, 0.29) is 18.0 Å². The van der Waals surface area contributed by atoms with Crippen LogP contribution in [-0.2, 0) is 21.3 Å². The Labute approximate surface area is 127 Å². The summed E-state index contributed by atoms with van der Waals surface area (Å²) < 4.78 is 46.1. The molecule has 0 aromatic heterocycles. The third-order valence-electron chi connectivity index (χ3n) is 2.55. The molecule has 0 bridgehead atoms. The first-order chi connectivity index (χ1) is 9.42. The van der Waals surface area contributed by atoms with Crippen LogP contribution in [0.2, 0.25) is 0 Å². The molecule has 0 heterocycles. The fourth-order valence-electron chi connectivity index (χ4n) is 1.63. The fourth-order valence-corrected chi connectivity index (χ4v) is 3.51. The summed E-state index contributed by atoms with van der Waals surface area (Å²) in [5, 5.41) is 2.80. The van der Waals surface area contributed by atoms with Crippen molar-refractivity contribution in [2.45, 2.75) is 17.9 Å². The lowest BCUT2D eigenvalue weighted by atomic mass is 10.2. The predicted molar refractivity (Wildman–Crippen MR) is 78.5 cm³/mol. The number of methoxy groups -OCH3 is 1. The van der Waals surface area contributed by atoms with Gasteiger partial charge in [-0.1, -0.05) is 15.9 Å². The first kappa shape index (κ1) is 17.5. The van der Waals surface area contributed by atoms with Crippen LogP contribution in [-0.4, -0.2) is 35.7 Å². The van der Waals surface area contributed by atoms with Crippen molar-refractivity contribution in [3.8, 4) is 0 Å². The second-order valence-corrected chi connectivity index (χ2v) is 6.80. The van der Waals surface area contributed by atoms with E-state index < -0.39 is 15.8 Å². The highest BCUT2D eigenvalue weighted by Gasteiger charge is 2.21. The van der Waals surface area contributed by atoms with E-state index in [0.717, 1.165) is 0 Å². The van der Waals surface area contributed by atoms with E-state index in [1.807, 2.05) is 0 Å². The van der Waals surface area contributed by atoms with E-state index >= 15 is 0 Å². The zero-order chi connectivity index (χ0) is 15.2. The van der Waals surface area contributed by atoms with Crippen LogP contribution in [0.1, 0.15) is 12.0 Å². The number of halogens is 2. The molecule has 0 spiro atoms. The number of ether oxygens (including phenoxy) is 1. The van der Waals surface area contributed by atoms with Gasteiger partial charge >= 0.3 is 0 Å². The predicted octanol–water partition coefficient (Wildman–Crippen LogP) is 1.62. The topological polar surface area (TPSA) is 67.4 Å². The number of sulfonamides is 1. The molecule has 0 aliphatic carbocycles. The van der Waals surface area contributed by atoms with Crippen molar-refractivity contribution in [3.63, 3.8) is 0 Å². The van der Waals surface area contributed by atoms with E-state index in [1.165, 1.54) is 13.2 Å². The molecule has 2 N–H and O–H groups in total. The maximum atomic E-state index is 14.2. The highest BCUT2D eigenvalue weighted by atomic mass is 79.9. The largest absolute Gasteiger partial charge is 0.385 e. The lowest BCUT2D eigenvalue weighted by Gasteiger charge is -2.11. The van der Waals surface area contributed by atoms with Gasteiger partial charge in [0.05, 0.1) is 0 Å². The molecule has 1 aromatic rings. The van der Waals surface area contributed by atoms with Crippen LogP contribution in [0, 0.1) is 5.82 Å². The summed E-state index contributed by atoms with van der Waals surface area (Å²) in [6.45, 7) is 0.884. The average Bonchev–Trinajstić information content (AvgIpc) is 2.39. The molecule has 20 heavy (non-hydrogen) atoms. The van der Waals surface area contributed by atoms with Crippen molar-refractivity contribution in [2.24, 2.45) is 0 Å². The molecule has 0 unspecified atom stereocenters. The average molecular weight is 369 g/mol. The number of rotatable bonds is 8. The maximum absolute atomic E-state index is 14.2. The molecule has 1 rings (SSSR count). The number of hydrogen-bond acceptors (Lipinski definition) is 4. The molecule has 0 amide bonds. The van der Waals surface area contributed by atoms with Crippen molar-refractivity contribution in [3.05, 3.63) is 28.0 Å². The van der Waals surface area contributed by atoms with Crippen molar-refractivity contribution in [1.29, 1.82) is 0 Å². The molecule has 0 radical (unpaired) electrons. The van der Waals surface area contributed by atoms with E-state index in [9.17, 15) is 12.8 Å². The van der Waals surface area contributed by atoms with Crippen LogP contribution in [0.3, 0.4) is 0 Å². The smallest absolute Gasteiger partial charge is 0.243 e. The SMILES string of the molecule is CNCc1cc(Br)cc(S(=O)(=O)NCCCOC)c1F. The summed E-state index contributed by atoms with van der Waals surface area (Å²) in [6.07, 6.45) is 0.523. The molecule has 1 aromatic carbocycles. The number of hydrogen-bond donors (Lipinski definition) is 2. The van der Waals surface area contributed by atoms with Crippen molar-refractivity contribution >= 4 is 26.0 Å². The minimum atomic E-state index is -3.87. The Kier molecular flexibility index (Phi) is 7.04. The Morgan fingerprint density at radius 2 is 2.10 bits per heavy atom. The van der Waals surface area contributed by atoms with Crippen LogP contribution in [0.5, 0.6) is 0 Å². The van der Waals surface area contributed by atoms with E-state index in [4.69, 9.17) is 4.74 Å². The van der Waals surface area contributed by atoms with Crippen LogP contribution < -0.4 is 10.0 Å². The molecule has 5 nitrogen and oxygen atoms in total. The van der Waals surface area contributed by atoms with Gasteiger partial charge in [-0.3, -0.25) is 0 Å². The first-order valence-corrected chi connectivity index (χ1v) is 8.31. The molecule has 0 saturated heterocycles. The van der Waals surface area contributed by atoms with Gasteiger partial charge in [-0.2, -0.15) is 0 Å². The number of benzene rings is 1. The summed E-state index contributed by atoms with van der Waals surface area (Å²) in [5.41, 5.74) is 0.291. The monoisotopic (exact) mass is 368 g/mol. The van der Waals surface area contributed by atoms with Gasteiger partial charge in [0.1, 0.15) is 10.7 Å². The summed E-state index contributed by atoms with van der Waals surface area (Å²) in [5.74, 6) is -0.734. The van der Waals surface area contributed by atoms with Gasteiger partial charge in [-0.25, -0.2) is 17.5 Å². The van der Waals surface area contributed by atoms with Crippen LogP contribution in [0.15, 0.2) is 21.5 Å². The zero-order valence-corrected chi connectivity index (χ0v) is 13.8. The Morgan fingerprint density at radius 3 is 2.70 bits per heavy atom. The third kappa shape index (κ3) is 4.78. The maximum Gasteiger partial charge on any atom is 0.243 e. The highest BCUT2D eigenvalue weighted by molar-refractivity contribution is 9.10. The van der Waals surface area contributed by atoms with Crippen LogP contribution >= 0.6 is 15.9 Å². The highest BCUT2D eigenvalue weighted by Crippen LogP contribution is 2.24. The van der Waals surface area contributed by atoms with Gasteiger partial charge in [-0.05, 0) is 25.6 Å². The molecule has 0 aliphatic heterocycles. The summed E-state index contributed by atoms with van der Waals surface area (Å²) in [7, 11) is -0.675. The Bertz CT molecular complexity index is 552. The van der Waals surface area contributed by atoms with Crippen molar-refractivity contribution < 1.29 is 17.5 Å². The third-order valence-corrected chi connectivity index (χ3v) is 4.47. The summed E-state index contributed by atoms with van der Waals surface area (Å²) >= 11 is 3.20. The van der Waals surface area contributed by atoms with Crippen molar-refractivity contribution in [2.75, 3.05) is 27.3 Å². The van der Waals surface area contributed by atoms with Gasteiger partial charge in [0, 0.05) is 36.8 Å². The van der Waals surface area contributed by atoms with E-state index in [0.29, 0.717) is 23.1 Å². The Morgan fingerprint density at radius 1 is 1.40 bits per heavy atom. The molecule has 114 valence electrons. The Hall–Kier alpha value is -0.540. The normalized spacial score (nSPS) is 11.8. The lowest BCUT2D eigenvalue weighted by molar-refractivity contribution is 0.196. The van der Waals surface area contributed by atoms with Crippen molar-refractivity contribution in [1.82, 2.24) is 10.0 Å². The standard InChI is InChI=1S/C12H18BrFN2O3S/c1-15-8-9-6-10(13)7-11(12(9)14)20(17,18)16-4-3-5-19-2/h6-7,15-16H,3-5,8H2,1-2H3. The lowest BCUT2D eigenvalue weighted by Crippen LogP contribution is -2.27. The molecule has 0 saturated carbocycles. The second-order valence-electron chi connectivity index (χ2n) is 4.15. The minimum Gasteiger partial charge on any atom is -0.385 e. The van der Waals surface area contributed by atoms with Gasteiger partial charge in [0.15, 0.2) is 0 Å². The quantitative estimate of drug-likeness (QED) is 0.684.